The van der Waals surface area contributed by atoms with Gasteiger partial charge in [-0.15, -0.1) is 0 Å². The molecule has 1 aliphatic rings. The number of rotatable bonds is 10. The smallest absolute Gasteiger partial charge is 0.311 e. The summed E-state index contributed by atoms with van der Waals surface area (Å²) in [5, 5.41) is 3.44. The van der Waals surface area contributed by atoms with Gasteiger partial charge in [0, 0.05) is 12.5 Å². The molecule has 1 heterocycles. The van der Waals surface area contributed by atoms with Gasteiger partial charge in [0.1, 0.15) is 12.2 Å². The molecule has 5 nitrogen and oxygen atoms in total. The van der Waals surface area contributed by atoms with Gasteiger partial charge in [-0.3, -0.25) is 9.59 Å². The Morgan fingerprint density at radius 3 is 2.50 bits per heavy atom. The van der Waals surface area contributed by atoms with E-state index in [0.29, 0.717) is 13.0 Å². The van der Waals surface area contributed by atoms with Gasteiger partial charge in [0.25, 0.3) is 0 Å². The monoisotopic (exact) mass is 389 g/mol. The van der Waals surface area contributed by atoms with Crippen molar-refractivity contribution in [2.24, 2.45) is 5.92 Å². The van der Waals surface area contributed by atoms with Crippen LogP contribution in [-0.4, -0.2) is 30.1 Å². The largest absolute Gasteiger partial charge is 0.461 e. The molecule has 0 aromatic heterocycles. The predicted molar refractivity (Wildman–Crippen MR) is 110 cm³/mol. The Morgan fingerprint density at radius 1 is 1.07 bits per heavy atom. The molecular weight excluding hydrogens is 354 g/mol. The van der Waals surface area contributed by atoms with Crippen molar-refractivity contribution in [2.45, 2.75) is 84.0 Å². The van der Waals surface area contributed by atoms with Gasteiger partial charge in [-0.25, -0.2) is 0 Å². The average molecular weight is 390 g/mol. The lowest BCUT2D eigenvalue weighted by Gasteiger charge is -2.24. The summed E-state index contributed by atoms with van der Waals surface area (Å²) < 4.78 is 10.8. The third-order valence-electron chi connectivity index (χ3n) is 4.95. The lowest BCUT2D eigenvalue weighted by molar-refractivity contribution is -0.160. The summed E-state index contributed by atoms with van der Waals surface area (Å²) in [6.07, 6.45) is 6.26. The number of carbonyl (C=O) groups is 2. The zero-order valence-electron chi connectivity index (χ0n) is 17.5. The molecule has 0 saturated carbocycles. The van der Waals surface area contributed by atoms with E-state index < -0.39 is 5.60 Å². The lowest BCUT2D eigenvalue weighted by Crippen LogP contribution is -2.36. The molecule has 1 N–H and O–H groups in total. The van der Waals surface area contributed by atoms with Gasteiger partial charge in [-0.2, -0.15) is 0 Å². The van der Waals surface area contributed by atoms with Crippen molar-refractivity contribution in [1.82, 2.24) is 5.32 Å². The molecule has 0 aliphatic carbocycles. The minimum absolute atomic E-state index is 0.0350. The van der Waals surface area contributed by atoms with E-state index in [0.717, 1.165) is 50.6 Å². The quantitative estimate of drug-likeness (QED) is 0.475. The van der Waals surface area contributed by atoms with E-state index in [-0.39, 0.29) is 23.9 Å². The number of ether oxygens (including phenoxy) is 2. The van der Waals surface area contributed by atoms with E-state index in [4.69, 9.17) is 9.47 Å². The standard InChI is InChI=1S/C23H35NO4/c1-23(2,3)28-22(26)19-15-16-24-20(19)13-9-4-5-10-14-21(25)27-17-18-11-7-6-8-12-18/h6-8,11-12,19-20,24H,4-5,9-10,13-17H2,1-3H3. The Bertz CT molecular complexity index is 609. The summed E-state index contributed by atoms with van der Waals surface area (Å²) >= 11 is 0. The van der Waals surface area contributed by atoms with Crippen molar-refractivity contribution < 1.29 is 19.1 Å². The zero-order valence-corrected chi connectivity index (χ0v) is 17.5. The van der Waals surface area contributed by atoms with Crippen LogP contribution in [0.15, 0.2) is 30.3 Å². The number of unbranched alkanes of at least 4 members (excludes halogenated alkanes) is 3. The molecule has 2 rings (SSSR count). The van der Waals surface area contributed by atoms with Crippen molar-refractivity contribution in [3.05, 3.63) is 35.9 Å². The molecule has 156 valence electrons. The van der Waals surface area contributed by atoms with E-state index in [1.807, 2.05) is 51.1 Å². The summed E-state index contributed by atoms with van der Waals surface area (Å²) in [6.45, 7) is 6.95. The molecule has 5 heteroatoms. The Labute approximate surface area is 169 Å². The fourth-order valence-electron chi connectivity index (χ4n) is 3.53. The van der Waals surface area contributed by atoms with Crippen LogP contribution in [0.1, 0.15) is 71.3 Å². The first kappa shape index (κ1) is 22.4. The highest BCUT2D eigenvalue weighted by molar-refractivity contribution is 5.74. The number of benzene rings is 1. The third kappa shape index (κ3) is 8.42. The second-order valence-corrected chi connectivity index (χ2v) is 8.59. The van der Waals surface area contributed by atoms with Crippen LogP contribution in [0.3, 0.4) is 0 Å². The minimum Gasteiger partial charge on any atom is -0.461 e. The molecule has 1 aromatic carbocycles. The fraction of sp³-hybridized carbons (Fsp3) is 0.652. The van der Waals surface area contributed by atoms with Crippen molar-refractivity contribution in [1.29, 1.82) is 0 Å². The van der Waals surface area contributed by atoms with Gasteiger partial charge in [-0.05, 0) is 52.1 Å². The lowest BCUT2D eigenvalue weighted by atomic mass is 9.95. The highest BCUT2D eigenvalue weighted by Gasteiger charge is 2.35. The predicted octanol–water partition coefficient (Wildman–Crippen LogP) is 4.39. The van der Waals surface area contributed by atoms with Crippen LogP contribution in [0.4, 0.5) is 0 Å². The van der Waals surface area contributed by atoms with Crippen LogP contribution in [-0.2, 0) is 25.7 Å². The highest BCUT2D eigenvalue weighted by Crippen LogP contribution is 2.24. The molecule has 1 fully saturated rings. The highest BCUT2D eigenvalue weighted by atomic mass is 16.6. The second kappa shape index (κ2) is 11.2. The SMILES string of the molecule is CC(C)(C)OC(=O)C1CCNC1CCCCCCC(=O)OCc1ccccc1. The first-order valence-electron chi connectivity index (χ1n) is 10.5. The Hall–Kier alpha value is -1.88. The number of hydrogen-bond acceptors (Lipinski definition) is 5. The fourth-order valence-corrected chi connectivity index (χ4v) is 3.53. The summed E-state index contributed by atoms with van der Waals surface area (Å²) in [7, 11) is 0. The maximum atomic E-state index is 12.3. The van der Waals surface area contributed by atoms with E-state index in [2.05, 4.69) is 5.32 Å². The number of carbonyl (C=O) groups excluding carboxylic acids is 2. The molecular formula is C23H35NO4. The van der Waals surface area contributed by atoms with E-state index in [1.165, 1.54) is 0 Å². The Morgan fingerprint density at radius 2 is 1.79 bits per heavy atom. The minimum atomic E-state index is -0.431. The molecule has 0 spiro atoms. The first-order chi connectivity index (χ1) is 13.3. The maximum Gasteiger partial charge on any atom is 0.311 e. The summed E-state index contributed by atoms with van der Waals surface area (Å²) in [5.74, 6) is -0.248. The molecule has 1 aromatic rings. The topological polar surface area (TPSA) is 64.6 Å². The van der Waals surface area contributed by atoms with Gasteiger partial charge in [0.05, 0.1) is 5.92 Å². The number of nitrogens with one attached hydrogen (secondary N) is 1. The molecule has 0 amide bonds. The van der Waals surface area contributed by atoms with Gasteiger partial charge < -0.3 is 14.8 Å². The molecule has 2 unspecified atom stereocenters. The zero-order chi connectivity index (χ0) is 20.4. The van der Waals surface area contributed by atoms with Gasteiger partial charge in [-0.1, -0.05) is 49.6 Å². The van der Waals surface area contributed by atoms with Crippen molar-refractivity contribution in [3.63, 3.8) is 0 Å². The summed E-state index contributed by atoms with van der Waals surface area (Å²) in [4.78, 5) is 24.1. The molecule has 1 aliphatic heterocycles. The van der Waals surface area contributed by atoms with E-state index in [9.17, 15) is 9.59 Å². The van der Waals surface area contributed by atoms with E-state index in [1.54, 1.807) is 0 Å². The Kier molecular flexibility index (Phi) is 8.97. The second-order valence-electron chi connectivity index (χ2n) is 8.59. The van der Waals surface area contributed by atoms with Crippen LogP contribution in [0.25, 0.3) is 0 Å². The summed E-state index contributed by atoms with van der Waals surface area (Å²) in [5.41, 5.74) is 0.582. The maximum absolute atomic E-state index is 12.3. The van der Waals surface area contributed by atoms with Crippen molar-refractivity contribution in [2.75, 3.05) is 6.54 Å². The average Bonchev–Trinajstić information content (AvgIpc) is 3.11. The molecule has 2 atom stereocenters. The van der Waals surface area contributed by atoms with Crippen LogP contribution in [0, 0.1) is 5.92 Å². The first-order valence-corrected chi connectivity index (χ1v) is 10.5. The van der Waals surface area contributed by atoms with Gasteiger partial charge >= 0.3 is 11.9 Å². The Balaban J connectivity index is 1.54. The van der Waals surface area contributed by atoms with Crippen molar-refractivity contribution >= 4 is 11.9 Å². The molecule has 28 heavy (non-hydrogen) atoms. The molecule has 1 saturated heterocycles. The number of esters is 2. The third-order valence-corrected chi connectivity index (χ3v) is 4.95. The van der Waals surface area contributed by atoms with Crippen LogP contribution in [0.5, 0.6) is 0 Å². The van der Waals surface area contributed by atoms with Gasteiger partial charge in [0.2, 0.25) is 0 Å². The van der Waals surface area contributed by atoms with Crippen LogP contribution in [0.2, 0.25) is 0 Å². The van der Waals surface area contributed by atoms with E-state index >= 15 is 0 Å². The van der Waals surface area contributed by atoms with Crippen LogP contribution < -0.4 is 5.32 Å². The summed E-state index contributed by atoms with van der Waals surface area (Å²) in [6, 6.07) is 9.95. The molecule has 0 bridgehead atoms. The van der Waals surface area contributed by atoms with Gasteiger partial charge in [0.15, 0.2) is 0 Å². The van der Waals surface area contributed by atoms with Crippen molar-refractivity contribution in [3.8, 4) is 0 Å². The molecule has 0 radical (unpaired) electrons. The number of hydrogen-bond donors (Lipinski definition) is 1. The normalized spacial score (nSPS) is 19.4. The van der Waals surface area contributed by atoms with Crippen LogP contribution >= 0.6 is 0 Å².